The smallest absolute Gasteiger partial charge is 0.317 e. The van der Waals surface area contributed by atoms with E-state index in [4.69, 9.17) is 4.74 Å². The molecule has 0 aromatic heterocycles. The van der Waals surface area contributed by atoms with Gasteiger partial charge in [-0.15, -0.1) is 0 Å². The van der Waals surface area contributed by atoms with E-state index in [0.717, 1.165) is 42.4 Å². The van der Waals surface area contributed by atoms with Gasteiger partial charge < -0.3 is 25.0 Å². The molecule has 1 aliphatic heterocycles. The highest BCUT2D eigenvalue weighted by Gasteiger charge is 2.31. The third-order valence-electron chi connectivity index (χ3n) is 7.83. The highest BCUT2D eigenvalue weighted by Crippen LogP contribution is 2.31. The summed E-state index contributed by atoms with van der Waals surface area (Å²) in [5.41, 5.74) is 3.43. The zero-order valence-electron chi connectivity index (χ0n) is 22.4. The number of carbonyl (C=O) groups excluding carboxylic acids is 2. The van der Waals surface area contributed by atoms with E-state index < -0.39 is 0 Å². The van der Waals surface area contributed by atoms with Gasteiger partial charge in [0.2, 0.25) is 0 Å². The molecule has 1 aliphatic carbocycles. The Morgan fingerprint density at radius 1 is 1.08 bits per heavy atom. The molecule has 2 aromatic carbocycles. The number of rotatable bonds is 5. The van der Waals surface area contributed by atoms with Crippen molar-refractivity contribution in [1.82, 2.24) is 15.1 Å². The van der Waals surface area contributed by atoms with Gasteiger partial charge >= 0.3 is 6.03 Å². The summed E-state index contributed by atoms with van der Waals surface area (Å²) in [5, 5.41) is 13.2. The molecule has 200 valence electrons. The fourth-order valence-electron chi connectivity index (χ4n) is 5.44. The molecule has 2 aromatic rings. The predicted molar refractivity (Wildman–Crippen MR) is 145 cm³/mol. The van der Waals surface area contributed by atoms with Crippen LogP contribution in [0, 0.1) is 5.92 Å². The molecule has 7 heteroatoms. The molecule has 4 rings (SSSR count). The Morgan fingerprint density at radius 3 is 2.43 bits per heavy atom. The minimum atomic E-state index is -0.355. The largest absolute Gasteiger partial charge is 0.394 e. The Balaban J connectivity index is 1.62. The van der Waals surface area contributed by atoms with Gasteiger partial charge in [0.25, 0.3) is 5.91 Å². The Morgan fingerprint density at radius 2 is 1.73 bits per heavy atom. The normalized spacial score (nSPS) is 21.8. The fourth-order valence-corrected chi connectivity index (χ4v) is 5.44. The summed E-state index contributed by atoms with van der Waals surface area (Å²) in [7, 11) is 1.81. The molecule has 1 fully saturated rings. The lowest BCUT2D eigenvalue weighted by molar-refractivity contribution is -0.0185. The number of urea groups is 1. The van der Waals surface area contributed by atoms with Gasteiger partial charge in [-0.25, -0.2) is 4.79 Å². The van der Waals surface area contributed by atoms with Crippen molar-refractivity contribution < 1.29 is 19.4 Å². The molecule has 3 atom stereocenters. The standard InChI is InChI=1S/C30H41N3O4/c1-21-17-33(22(2)19-34)29(35)27-16-10-9-15-26(27)25-14-8-7-11-23(25)20-37-28(21)18-32(3)30(36)31-24-12-5-4-6-13-24/h7-11,14-16,21-22,24,28,34H,4-6,12-13,17-20H2,1-3H3,(H,31,36)/t21-,22+,28+/m1/s1. The van der Waals surface area contributed by atoms with E-state index in [9.17, 15) is 14.7 Å². The molecule has 37 heavy (non-hydrogen) atoms. The molecule has 3 amide bonds. The van der Waals surface area contributed by atoms with E-state index in [0.29, 0.717) is 25.3 Å². The number of hydrogen-bond donors (Lipinski definition) is 2. The first-order valence-electron chi connectivity index (χ1n) is 13.6. The number of hydrogen-bond acceptors (Lipinski definition) is 4. The lowest BCUT2D eigenvalue weighted by Crippen LogP contribution is -2.50. The summed E-state index contributed by atoms with van der Waals surface area (Å²) in [6.45, 7) is 4.98. The van der Waals surface area contributed by atoms with E-state index in [-0.39, 0.29) is 42.7 Å². The lowest BCUT2D eigenvalue weighted by Gasteiger charge is -2.35. The minimum Gasteiger partial charge on any atom is -0.394 e. The van der Waals surface area contributed by atoms with E-state index in [1.165, 1.54) is 6.42 Å². The highest BCUT2D eigenvalue weighted by molar-refractivity contribution is 6.01. The van der Waals surface area contributed by atoms with Crippen molar-refractivity contribution in [3.05, 3.63) is 59.7 Å². The first-order chi connectivity index (χ1) is 17.9. The third-order valence-corrected chi connectivity index (χ3v) is 7.83. The van der Waals surface area contributed by atoms with E-state index in [1.54, 1.807) is 9.80 Å². The van der Waals surface area contributed by atoms with Gasteiger partial charge in [-0.05, 0) is 42.5 Å². The monoisotopic (exact) mass is 507 g/mol. The van der Waals surface area contributed by atoms with Crippen LogP contribution in [0.25, 0.3) is 11.1 Å². The average molecular weight is 508 g/mol. The molecule has 0 radical (unpaired) electrons. The van der Waals surface area contributed by atoms with Crippen LogP contribution in [0.4, 0.5) is 4.79 Å². The summed E-state index contributed by atoms with van der Waals surface area (Å²) in [4.78, 5) is 30.3. The molecule has 7 nitrogen and oxygen atoms in total. The number of carbonyl (C=O) groups is 2. The molecule has 0 unspecified atom stereocenters. The maximum Gasteiger partial charge on any atom is 0.317 e. The van der Waals surface area contributed by atoms with Gasteiger partial charge in [-0.2, -0.15) is 0 Å². The van der Waals surface area contributed by atoms with Crippen molar-refractivity contribution in [2.24, 2.45) is 5.92 Å². The van der Waals surface area contributed by atoms with Crippen LogP contribution < -0.4 is 5.32 Å². The summed E-state index contributed by atoms with van der Waals surface area (Å²) in [6.07, 6.45) is 5.32. The quantitative estimate of drug-likeness (QED) is 0.615. The predicted octanol–water partition coefficient (Wildman–Crippen LogP) is 4.69. The van der Waals surface area contributed by atoms with Crippen LogP contribution in [0.3, 0.4) is 0 Å². The molecular formula is C30H41N3O4. The van der Waals surface area contributed by atoms with Gasteiger partial charge in [-0.3, -0.25) is 4.79 Å². The van der Waals surface area contributed by atoms with Crippen molar-refractivity contribution in [2.75, 3.05) is 26.7 Å². The number of benzene rings is 2. The summed E-state index contributed by atoms with van der Waals surface area (Å²) < 4.78 is 6.51. The van der Waals surface area contributed by atoms with Gasteiger partial charge in [0, 0.05) is 37.7 Å². The van der Waals surface area contributed by atoms with Crippen molar-refractivity contribution in [3.8, 4) is 11.1 Å². The summed E-state index contributed by atoms with van der Waals surface area (Å²) >= 11 is 0. The number of aliphatic hydroxyl groups is 1. The van der Waals surface area contributed by atoms with Crippen LogP contribution in [0.1, 0.15) is 61.9 Å². The first kappa shape index (κ1) is 27.1. The van der Waals surface area contributed by atoms with E-state index >= 15 is 0 Å². The zero-order valence-corrected chi connectivity index (χ0v) is 22.4. The Hall–Kier alpha value is -2.90. The Labute approximate surface area is 220 Å². The van der Waals surface area contributed by atoms with Crippen LogP contribution in [-0.4, -0.2) is 71.8 Å². The maximum absolute atomic E-state index is 13.9. The van der Waals surface area contributed by atoms with Crippen LogP contribution in [-0.2, 0) is 11.3 Å². The van der Waals surface area contributed by atoms with Crippen molar-refractivity contribution >= 4 is 11.9 Å². The van der Waals surface area contributed by atoms with Crippen molar-refractivity contribution in [1.29, 1.82) is 0 Å². The molecule has 2 N–H and O–H groups in total. The Kier molecular flexibility index (Phi) is 9.22. The number of amides is 3. The van der Waals surface area contributed by atoms with Gasteiger partial charge in [0.15, 0.2) is 0 Å². The van der Waals surface area contributed by atoms with Gasteiger partial charge in [0.1, 0.15) is 0 Å². The molecule has 1 saturated carbocycles. The SMILES string of the molecule is C[C@@H]1CN([C@@H](C)CO)C(=O)c2ccccc2-c2ccccc2CO[C@H]1CN(C)C(=O)NC1CCCCC1. The number of likely N-dealkylation sites (N-methyl/N-ethyl adjacent to an activating group) is 1. The van der Waals surface area contributed by atoms with Gasteiger partial charge in [-0.1, -0.05) is 68.7 Å². The van der Waals surface area contributed by atoms with E-state index in [1.807, 2.05) is 62.5 Å². The number of ether oxygens (including phenoxy) is 1. The molecule has 2 aliphatic rings. The number of aliphatic hydroxyl groups excluding tert-OH is 1. The second-order valence-electron chi connectivity index (χ2n) is 10.7. The summed E-state index contributed by atoms with van der Waals surface area (Å²) in [6, 6.07) is 15.4. The number of nitrogens with one attached hydrogen (secondary N) is 1. The van der Waals surface area contributed by atoms with Crippen LogP contribution in [0.5, 0.6) is 0 Å². The second kappa shape index (κ2) is 12.6. The molecule has 0 spiro atoms. The van der Waals surface area contributed by atoms with Gasteiger partial charge in [0.05, 0.1) is 25.4 Å². The molecule has 1 heterocycles. The van der Waals surface area contributed by atoms with Crippen molar-refractivity contribution in [3.63, 3.8) is 0 Å². The zero-order chi connectivity index (χ0) is 26.4. The average Bonchev–Trinajstić information content (AvgIpc) is 2.94. The summed E-state index contributed by atoms with van der Waals surface area (Å²) in [5.74, 6) is -0.178. The van der Waals surface area contributed by atoms with E-state index in [2.05, 4.69) is 12.2 Å². The molecular weight excluding hydrogens is 466 g/mol. The fraction of sp³-hybridized carbons (Fsp3) is 0.533. The van der Waals surface area contributed by atoms with Crippen LogP contribution >= 0.6 is 0 Å². The lowest BCUT2D eigenvalue weighted by atomic mass is 9.94. The molecule has 0 bridgehead atoms. The Bertz CT molecular complexity index is 1070. The van der Waals surface area contributed by atoms with Crippen molar-refractivity contribution in [2.45, 2.75) is 70.7 Å². The second-order valence-corrected chi connectivity index (χ2v) is 10.7. The van der Waals surface area contributed by atoms with Crippen LogP contribution in [0.15, 0.2) is 48.5 Å². The highest BCUT2D eigenvalue weighted by atomic mass is 16.5. The van der Waals surface area contributed by atoms with Crippen LogP contribution in [0.2, 0.25) is 0 Å². The third kappa shape index (κ3) is 6.51. The topological polar surface area (TPSA) is 82.1 Å². The maximum atomic E-state index is 13.9. The number of nitrogens with zero attached hydrogens (tertiary/aromatic N) is 2. The number of fused-ring (bicyclic) bond motifs is 3. The minimum absolute atomic E-state index is 0.0692. The molecule has 0 saturated heterocycles. The first-order valence-corrected chi connectivity index (χ1v) is 13.6.